The van der Waals surface area contributed by atoms with Gasteiger partial charge >= 0.3 is 0 Å². The molecular weight excluding hydrogens is 903 g/mol. The van der Waals surface area contributed by atoms with E-state index in [1.807, 2.05) is 0 Å². The van der Waals surface area contributed by atoms with E-state index in [9.17, 15) is 35.4 Å². The van der Waals surface area contributed by atoms with Gasteiger partial charge in [-0.3, -0.25) is 4.79 Å². The number of aliphatic hydroxyl groups excluding tert-OH is 6. The minimum atomic E-state index is -1.60. The third-order valence-electron chi connectivity index (χ3n) is 15.8. The maximum Gasteiger partial charge on any atom is 0.220 e. The zero-order valence-corrected chi connectivity index (χ0v) is 47.6. The lowest BCUT2D eigenvalue weighted by atomic mass is 9.98. The van der Waals surface area contributed by atoms with Crippen LogP contribution < -0.4 is 5.32 Å². The predicted molar refractivity (Wildman–Crippen MR) is 301 cm³/mol. The number of amides is 1. The molecular formula is C62H123NO9. The fraction of sp³-hybridized carbons (Fsp3) is 0.984. The zero-order chi connectivity index (χ0) is 52.4. The van der Waals surface area contributed by atoms with Crippen molar-refractivity contribution in [1.29, 1.82) is 0 Å². The quantitative estimate of drug-likeness (QED) is 0.0293. The lowest BCUT2D eigenvalue weighted by Gasteiger charge is -2.40. The number of ether oxygens (including phenoxy) is 2. The van der Waals surface area contributed by atoms with Crippen LogP contribution in [0.25, 0.3) is 0 Å². The van der Waals surface area contributed by atoms with Crippen molar-refractivity contribution in [3.05, 3.63) is 0 Å². The van der Waals surface area contributed by atoms with Gasteiger partial charge in [0.25, 0.3) is 0 Å². The Balaban J connectivity index is 2.07. The summed E-state index contributed by atoms with van der Waals surface area (Å²) in [6.45, 7) is 3.65. The third-order valence-corrected chi connectivity index (χ3v) is 15.8. The monoisotopic (exact) mass is 1030 g/mol. The van der Waals surface area contributed by atoms with Gasteiger partial charge < -0.3 is 45.4 Å². The van der Waals surface area contributed by atoms with Crippen LogP contribution in [0.5, 0.6) is 0 Å². The molecule has 1 amide bonds. The molecule has 0 spiro atoms. The number of nitrogens with one attached hydrogen (secondary N) is 1. The van der Waals surface area contributed by atoms with Crippen LogP contribution >= 0.6 is 0 Å². The molecule has 1 rings (SSSR count). The van der Waals surface area contributed by atoms with E-state index in [1.54, 1.807) is 0 Å². The van der Waals surface area contributed by atoms with Crippen molar-refractivity contribution in [1.82, 2.24) is 5.32 Å². The Bertz CT molecular complexity index is 1110. The van der Waals surface area contributed by atoms with Crippen molar-refractivity contribution in [2.24, 2.45) is 0 Å². The number of unbranched alkanes of at least 4 members (excludes halogenated alkanes) is 45. The zero-order valence-electron chi connectivity index (χ0n) is 47.6. The molecule has 72 heavy (non-hydrogen) atoms. The fourth-order valence-corrected chi connectivity index (χ4v) is 10.7. The van der Waals surface area contributed by atoms with E-state index in [4.69, 9.17) is 9.47 Å². The van der Waals surface area contributed by atoms with Crippen LogP contribution in [-0.2, 0) is 14.3 Å². The van der Waals surface area contributed by atoms with E-state index in [0.717, 1.165) is 38.5 Å². The van der Waals surface area contributed by atoms with Crippen LogP contribution in [0.1, 0.15) is 328 Å². The fourth-order valence-electron chi connectivity index (χ4n) is 10.7. The summed E-state index contributed by atoms with van der Waals surface area (Å²) in [6.07, 6.45) is 53.1. The maximum atomic E-state index is 13.1. The van der Waals surface area contributed by atoms with Crippen LogP contribution in [0.2, 0.25) is 0 Å². The Kier molecular flexibility index (Phi) is 50.2. The molecule has 0 bridgehead atoms. The molecule has 0 aromatic rings. The summed E-state index contributed by atoms with van der Waals surface area (Å²) in [7, 11) is 0. The van der Waals surface area contributed by atoms with Gasteiger partial charge in [-0.05, 0) is 12.8 Å². The van der Waals surface area contributed by atoms with Gasteiger partial charge in [0.05, 0.1) is 25.4 Å². The predicted octanol–water partition coefficient (Wildman–Crippen LogP) is 15.2. The summed E-state index contributed by atoms with van der Waals surface area (Å²) >= 11 is 0. The molecule has 0 aromatic carbocycles. The summed E-state index contributed by atoms with van der Waals surface area (Å²) in [5.74, 6) is -0.250. The largest absolute Gasteiger partial charge is 0.394 e. The topological polar surface area (TPSA) is 169 Å². The summed E-state index contributed by atoms with van der Waals surface area (Å²) in [6, 6.07) is -0.986. The summed E-state index contributed by atoms with van der Waals surface area (Å²) < 4.78 is 11.2. The molecule has 10 heteroatoms. The van der Waals surface area contributed by atoms with Crippen LogP contribution in [0.3, 0.4) is 0 Å². The number of aliphatic hydroxyl groups is 6. The first kappa shape index (κ1) is 69.2. The van der Waals surface area contributed by atoms with Gasteiger partial charge in [0.1, 0.15) is 30.5 Å². The second kappa shape index (κ2) is 52.2. The van der Waals surface area contributed by atoms with Gasteiger partial charge in [0.15, 0.2) is 6.29 Å². The second-order valence-corrected chi connectivity index (χ2v) is 22.7. The first-order chi connectivity index (χ1) is 35.3. The molecule has 1 aliphatic heterocycles. The average Bonchev–Trinajstić information content (AvgIpc) is 3.38. The normalized spacial score (nSPS) is 19.5. The Labute approximate surface area is 445 Å². The van der Waals surface area contributed by atoms with Crippen molar-refractivity contribution in [3.8, 4) is 0 Å². The van der Waals surface area contributed by atoms with Gasteiger partial charge in [-0.15, -0.1) is 0 Å². The molecule has 8 atom stereocenters. The van der Waals surface area contributed by atoms with Crippen molar-refractivity contribution in [2.45, 2.75) is 377 Å². The minimum absolute atomic E-state index is 0.250. The summed E-state index contributed by atoms with van der Waals surface area (Å²) in [5.41, 5.74) is 0. The molecule has 430 valence electrons. The molecule has 0 aliphatic carbocycles. The third kappa shape index (κ3) is 40.4. The van der Waals surface area contributed by atoms with Gasteiger partial charge in [-0.2, -0.15) is 0 Å². The molecule has 0 radical (unpaired) electrons. The lowest BCUT2D eigenvalue weighted by molar-refractivity contribution is -0.303. The first-order valence-electron chi connectivity index (χ1n) is 31.8. The minimum Gasteiger partial charge on any atom is -0.394 e. The van der Waals surface area contributed by atoms with Crippen molar-refractivity contribution in [2.75, 3.05) is 13.2 Å². The highest BCUT2D eigenvalue weighted by Crippen LogP contribution is 2.24. The van der Waals surface area contributed by atoms with E-state index in [1.165, 1.54) is 263 Å². The highest BCUT2D eigenvalue weighted by molar-refractivity contribution is 5.76. The number of carbonyl (C=O) groups excluding carboxylic acids is 1. The molecule has 10 nitrogen and oxygen atoms in total. The number of carbonyl (C=O) groups is 1. The number of hydrogen-bond donors (Lipinski definition) is 7. The lowest BCUT2D eigenvalue weighted by Crippen LogP contribution is -2.60. The van der Waals surface area contributed by atoms with Crippen LogP contribution in [-0.4, -0.2) is 98.7 Å². The van der Waals surface area contributed by atoms with E-state index in [-0.39, 0.29) is 18.9 Å². The highest BCUT2D eigenvalue weighted by Gasteiger charge is 2.44. The van der Waals surface area contributed by atoms with Gasteiger partial charge in [0, 0.05) is 6.42 Å². The van der Waals surface area contributed by atoms with Crippen molar-refractivity contribution < 1.29 is 44.9 Å². The Morgan fingerprint density at radius 2 is 0.722 bits per heavy atom. The van der Waals surface area contributed by atoms with Crippen molar-refractivity contribution >= 4 is 5.91 Å². The van der Waals surface area contributed by atoms with Crippen LogP contribution in [0.15, 0.2) is 0 Å². The van der Waals surface area contributed by atoms with Gasteiger partial charge in [-0.1, -0.05) is 309 Å². The first-order valence-corrected chi connectivity index (χ1v) is 31.8. The molecule has 1 heterocycles. The molecule has 0 saturated carbocycles. The van der Waals surface area contributed by atoms with E-state index < -0.39 is 55.6 Å². The van der Waals surface area contributed by atoms with Gasteiger partial charge in [-0.25, -0.2) is 0 Å². The molecule has 1 fully saturated rings. The molecule has 2 unspecified atom stereocenters. The molecule has 1 saturated heterocycles. The SMILES string of the molecule is CCCCCCCCCCCCCCCCCCCCCCCCCCCCCCCCCCCCCC(=O)N[C@@H](CO[C@@H]1O[C@H](CO)[C@@H](O)C(O)C1O)[C@H](O)[C@H](O)CCCCCCCCCCCCCC. The number of hydrogen-bond acceptors (Lipinski definition) is 9. The van der Waals surface area contributed by atoms with E-state index in [2.05, 4.69) is 19.2 Å². The number of rotatable bonds is 56. The smallest absolute Gasteiger partial charge is 0.220 e. The Hall–Kier alpha value is -0.850. The molecule has 0 aromatic heterocycles. The Morgan fingerprint density at radius 3 is 1.03 bits per heavy atom. The maximum absolute atomic E-state index is 13.1. The van der Waals surface area contributed by atoms with Crippen molar-refractivity contribution in [3.63, 3.8) is 0 Å². The van der Waals surface area contributed by atoms with Crippen LogP contribution in [0, 0.1) is 0 Å². The van der Waals surface area contributed by atoms with Crippen LogP contribution in [0.4, 0.5) is 0 Å². The van der Waals surface area contributed by atoms with Gasteiger partial charge in [0.2, 0.25) is 5.91 Å². The summed E-state index contributed by atoms with van der Waals surface area (Å²) in [5, 5.41) is 65.5. The second-order valence-electron chi connectivity index (χ2n) is 22.7. The summed E-state index contributed by atoms with van der Waals surface area (Å²) in [4.78, 5) is 13.1. The standard InChI is InChI=1S/C62H123NO9/c1-3-5-7-9-11-13-15-17-18-19-20-21-22-23-24-25-26-27-28-29-30-31-32-33-34-35-36-37-38-39-41-43-45-47-49-51-57(66)63-54(53-71-62-61(70)60(69)59(68)56(52-64)72-62)58(67)55(65)50-48-46-44-42-40-16-14-12-10-8-6-4-2/h54-56,58-62,64-65,67-70H,3-53H2,1-2H3,(H,63,66)/t54-,55+,56+,58-,59+,60?,61?,62+/m0/s1. The van der Waals surface area contributed by atoms with E-state index in [0.29, 0.717) is 6.42 Å². The Morgan fingerprint density at radius 1 is 0.431 bits per heavy atom. The van der Waals surface area contributed by atoms with E-state index >= 15 is 0 Å². The molecule has 7 N–H and O–H groups in total. The average molecular weight is 1030 g/mol. The highest BCUT2D eigenvalue weighted by atomic mass is 16.7. The molecule has 1 aliphatic rings.